The molecule has 1 aliphatic rings. The number of halogens is 1. The van der Waals surface area contributed by atoms with Gasteiger partial charge in [0.2, 0.25) is 0 Å². The number of hydrogen-bond acceptors (Lipinski definition) is 4. The Morgan fingerprint density at radius 1 is 1.56 bits per heavy atom. The van der Waals surface area contributed by atoms with Gasteiger partial charge in [-0.1, -0.05) is 0 Å². The zero-order chi connectivity index (χ0) is 11.8. The van der Waals surface area contributed by atoms with Gasteiger partial charge < -0.3 is 5.32 Å². The average molecular weight is 305 g/mol. The summed E-state index contributed by atoms with van der Waals surface area (Å²) in [4.78, 5) is 4.20. The quantitative estimate of drug-likeness (QED) is 0.904. The summed E-state index contributed by atoms with van der Waals surface area (Å²) in [6.45, 7) is 1.97. The van der Waals surface area contributed by atoms with Crippen molar-refractivity contribution in [2.75, 3.05) is 16.8 Å². The molecule has 2 rings (SSSR count). The van der Waals surface area contributed by atoms with Crippen LogP contribution in [0, 0.1) is 6.92 Å². The summed E-state index contributed by atoms with van der Waals surface area (Å²) < 4.78 is 23.5. The van der Waals surface area contributed by atoms with Crippen LogP contribution in [0.15, 0.2) is 16.7 Å². The van der Waals surface area contributed by atoms with Gasteiger partial charge in [0.15, 0.2) is 9.84 Å². The third kappa shape index (κ3) is 2.55. The van der Waals surface area contributed by atoms with Gasteiger partial charge in [-0.3, -0.25) is 0 Å². The number of aromatic nitrogens is 1. The van der Waals surface area contributed by atoms with Gasteiger partial charge in [-0.05, 0) is 40.9 Å². The molecule has 1 aliphatic heterocycles. The van der Waals surface area contributed by atoms with E-state index in [9.17, 15) is 8.42 Å². The van der Waals surface area contributed by atoms with E-state index >= 15 is 0 Å². The molecule has 6 heteroatoms. The molecule has 4 nitrogen and oxygen atoms in total. The Morgan fingerprint density at radius 3 is 2.94 bits per heavy atom. The second kappa shape index (κ2) is 4.33. The number of anilines is 1. The van der Waals surface area contributed by atoms with Gasteiger partial charge in [0.1, 0.15) is 5.82 Å². The Bertz CT molecular complexity index is 502. The minimum absolute atomic E-state index is 0.0180. The van der Waals surface area contributed by atoms with Crippen molar-refractivity contribution in [1.29, 1.82) is 0 Å². The van der Waals surface area contributed by atoms with Gasteiger partial charge in [-0.15, -0.1) is 0 Å². The molecule has 0 aromatic carbocycles. The number of nitrogens with one attached hydrogen (secondary N) is 1. The number of nitrogens with zero attached hydrogens (tertiary/aromatic N) is 1. The lowest BCUT2D eigenvalue weighted by Gasteiger charge is -2.13. The molecule has 0 spiro atoms. The Morgan fingerprint density at radius 2 is 2.31 bits per heavy atom. The second-order valence-corrected chi connectivity index (χ2v) is 7.06. The highest BCUT2D eigenvalue weighted by Gasteiger charge is 2.28. The SMILES string of the molecule is Cc1ccnc(NC2CCS(=O)(=O)C2)c1Br. The van der Waals surface area contributed by atoms with E-state index in [0.29, 0.717) is 6.42 Å². The highest BCUT2D eigenvalue weighted by molar-refractivity contribution is 9.10. The fourth-order valence-corrected chi connectivity index (χ4v) is 3.77. The molecule has 1 aromatic rings. The molecule has 1 unspecified atom stereocenters. The molecule has 0 bridgehead atoms. The Hall–Kier alpha value is -0.620. The van der Waals surface area contributed by atoms with Gasteiger partial charge in [0, 0.05) is 12.2 Å². The topological polar surface area (TPSA) is 59.1 Å². The number of hydrogen-bond donors (Lipinski definition) is 1. The van der Waals surface area contributed by atoms with Crippen molar-refractivity contribution in [3.05, 3.63) is 22.3 Å². The summed E-state index contributed by atoms with van der Waals surface area (Å²) in [5.41, 5.74) is 1.08. The van der Waals surface area contributed by atoms with E-state index in [4.69, 9.17) is 0 Å². The van der Waals surface area contributed by atoms with Gasteiger partial charge in [-0.2, -0.15) is 0 Å². The minimum atomic E-state index is -2.84. The number of rotatable bonds is 2. The monoisotopic (exact) mass is 304 g/mol. The van der Waals surface area contributed by atoms with Crippen LogP contribution < -0.4 is 5.32 Å². The highest BCUT2D eigenvalue weighted by atomic mass is 79.9. The van der Waals surface area contributed by atoms with Crippen molar-refractivity contribution in [3.8, 4) is 0 Å². The molecule has 1 aromatic heterocycles. The fourth-order valence-electron chi connectivity index (χ4n) is 1.74. The molecule has 2 heterocycles. The van der Waals surface area contributed by atoms with Gasteiger partial charge >= 0.3 is 0 Å². The predicted molar refractivity (Wildman–Crippen MR) is 67.4 cm³/mol. The van der Waals surface area contributed by atoms with E-state index in [1.807, 2.05) is 13.0 Å². The molecule has 1 N–H and O–H groups in total. The van der Waals surface area contributed by atoms with E-state index in [2.05, 4.69) is 26.2 Å². The molecule has 0 saturated carbocycles. The number of aryl methyl sites for hydroxylation is 1. The zero-order valence-electron chi connectivity index (χ0n) is 8.90. The van der Waals surface area contributed by atoms with E-state index in [-0.39, 0.29) is 17.5 Å². The molecular formula is C10H13BrN2O2S. The second-order valence-electron chi connectivity index (χ2n) is 4.03. The molecule has 88 valence electrons. The molecule has 1 atom stereocenters. The minimum Gasteiger partial charge on any atom is -0.365 e. The molecule has 0 aliphatic carbocycles. The molecule has 16 heavy (non-hydrogen) atoms. The van der Waals surface area contributed by atoms with Crippen LogP contribution in [0.2, 0.25) is 0 Å². The van der Waals surface area contributed by atoms with E-state index < -0.39 is 9.84 Å². The van der Waals surface area contributed by atoms with Crippen molar-refractivity contribution in [2.45, 2.75) is 19.4 Å². The Balaban J connectivity index is 2.14. The van der Waals surface area contributed by atoms with Crippen LogP contribution >= 0.6 is 15.9 Å². The maximum Gasteiger partial charge on any atom is 0.152 e. The van der Waals surface area contributed by atoms with E-state index in [1.165, 1.54) is 0 Å². The normalized spacial score (nSPS) is 23.2. The first-order valence-electron chi connectivity index (χ1n) is 5.06. The smallest absolute Gasteiger partial charge is 0.152 e. The summed E-state index contributed by atoms with van der Waals surface area (Å²) in [6.07, 6.45) is 2.37. The van der Waals surface area contributed by atoms with Crippen molar-refractivity contribution in [2.24, 2.45) is 0 Å². The van der Waals surface area contributed by atoms with Gasteiger partial charge in [0.05, 0.1) is 16.0 Å². The van der Waals surface area contributed by atoms with Crippen molar-refractivity contribution in [1.82, 2.24) is 4.98 Å². The lowest BCUT2D eigenvalue weighted by atomic mass is 10.2. The van der Waals surface area contributed by atoms with Crippen molar-refractivity contribution >= 4 is 31.6 Å². The van der Waals surface area contributed by atoms with Gasteiger partial charge in [-0.25, -0.2) is 13.4 Å². The maximum absolute atomic E-state index is 11.3. The first-order chi connectivity index (χ1) is 7.48. The lowest BCUT2D eigenvalue weighted by Crippen LogP contribution is -2.21. The zero-order valence-corrected chi connectivity index (χ0v) is 11.3. The molecule has 1 fully saturated rings. The summed E-state index contributed by atoms with van der Waals surface area (Å²) in [5.74, 6) is 1.20. The van der Waals surface area contributed by atoms with Crippen molar-refractivity contribution < 1.29 is 8.42 Å². The average Bonchev–Trinajstić information content (AvgIpc) is 2.53. The summed E-state index contributed by atoms with van der Waals surface area (Å²) in [6, 6.07) is 1.89. The number of pyridine rings is 1. The van der Waals surface area contributed by atoms with Crippen LogP contribution in [-0.2, 0) is 9.84 Å². The molecule has 1 saturated heterocycles. The third-order valence-electron chi connectivity index (χ3n) is 2.66. The van der Waals surface area contributed by atoms with Crippen LogP contribution in [0.25, 0.3) is 0 Å². The highest BCUT2D eigenvalue weighted by Crippen LogP contribution is 2.25. The van der Waals surface area contributed by atoms with Crippen LogP contribution in [0.3, 0.4) is 0 Å². The van der Waals surface area contributed by atoms with Crippen molar-refractivity contribution in [3.63, 3.8) is 0 Å². The Labute approximate surface area is 104 Å². The van der Waals surface area contributed by atoms with Crippen LogP contribution in [0.4, 0.5) is 5.82 Å². The molecule has 0 amide bonds. The largest absolute Gasteiger partial charge is 0.365 e. The summed E-state index contributed by atoms with van der Waals surface area (Å²) >= 11 is 3.44. The summed E-state index contributed by atoms with van der Waals surface area (Å²) in [7, 11) is -2.84. The predicted octanol–water partition coefficient (Wildman–Crippen LogP) is 1.75. The maximum atomic E-state index is 11.3. The van der Waals surface area contributed by atoms with E-state index in [0.717, 1.165) is 15.9 Å². The summed E-state index contributed by atoms with van der Waals surface area (Å²) in [5, 5.41) is 3.17. The van der Waals surface area contributed by atoms with Crippen LogP contribution in [-0.4, -0.2) is 30.9 Å². The lowest BCUT2D eigenvalue weighted by molar-refractivity contribution is 0.602. The first-order valence-corrected chi connectivity index (χ1v) is 7.67. The van der Waals surface area contributed by atoms with Gasteiger partial charge in [0.25, 0.3) is 0 Å². The standard InChI is InChI=1S/C10H13BrN2O2S/c1-7-2-4-12-10(9(7)11)13-8-3-5-16(14,15)6-8/h2,4,8H,3,5-6H2,1H3,(H,12,13). The molecular weight excluding hydrogens is 292 g/mol. The fraction of sp³-hybridized carbons (Fsp3) is 0.500. The van der Waals surface area contributed by atoms with Crippen LogP contribution in [0.1, 0.15) is 12.0 Å². The third-order valence-corrected chi connectivity index (χ3v) is 5.42. The molecule has 0 radical (unpaired) electrons. The van der Waals surface area contributed by atoms with Crippen LogP contribution in [0.5, 0.6) is 0 Å². The van der Waals surface area contributed by atoms with E-state index in [1.54, 1.807) is 6.20 Å². The Kier molecular flexibility index (Phi) is 3.21. The first kappa shape index (κ1) is 11.9. The number of sulfone groups is 1.